The topological polar surface area (TPSA) is 96.0 Å². The smallest absolute Gasteiger partial charge is 0.244 e. The molecule has 0 aliphatic carbocycles. The number of amides is 2. The number of hydrogen-bond acceptors (Lipinski definition) is 5. The Labute approximate surface area is 252 Å². The molecule has 0 aromatic heterocycles. The number of nitrogens with one attached hydrogen (secondary N) is 1. The van der Waals surface area contributed by atoms with E-state index in [2.05, 4.69) is 5.32 Å². The second-order valence-electron chi connectivity index (χ2n) is 10.1. The van der Waals surface area contributed by atoms with Crippen molar-refractivity contribution in [3.05, 3.63) is 94.0 Å². The van der Waals surface area contributed by atoms with Gasteiger partial charge in [-0.3, -0.25) is 13.9 Å². The molecule has 0 spiro atoms. The highest BCUT2D eigenvalue weighted by atomic mass is 35.5. The van der Waals surface area contributed by atoms with Crippen molar-refractivity contribution >= 4 is 50.7 Å². The minimum atomic E-state index is -3.92. The van der Waals surface area contributed by atoms with Crippen LogP contribution in [-0.4, -0.2) is 57.6 Å². The molecular weight excluding hydrogens is 585 g/mol. The molecule has 3 aromatic carbocycles. The number of ether oxygens (including phenoxy) is 1. The molecule has 3 aromatic rings. The number of sulfonamides is 1. The summed E-state index contributed by atoms with van der Waals surface area (Å²) in [5.74, 6) is -0.120. The number of halogens is 2. The summed E-state index contributed by atoms with van der Waals surface area (Å²) in [6.45, 7) is 3.87. The quantitative estimate of drug-likeness (QED) is 0.284. The van der Waals surface area contributed by atoms with Crippen LogP contribution in [0, 0.1) is 5.92 Å². The fraction of sp³-hybridized carbons (Fsp3) is 0.333. The summed E-state index contributed by atoms with van der Waals surface area (Å²) in [5, 5.41) is 3.35. The average Bonchev–Trinajstić information content (AvgIpc) is 2.93. The van der Waals surface area contributed by atoms with Crippen LogP contribution in [0.2, 0.25) is 10.0 Å². The van der Waals surface area contributed by atoms with Gasteiger partial charge in [0.05, 0.1) is 29.1 Å². The number of nitrogens with zero attached hydrogens (tertiary/aromatic N) is 2. The van der Waals surface area contributed by atoms with E-state index in [4.69, 9.17) is 27.9 Å². The second-order valence-corrected chi connectivity index (χ2v) is 12.8. The van der Waals surface area contributed by atoms with E-state index in [0.717, 1.165) is 16.1 Å². The van der Waals surface area contributed by atoms with Gasteiger partial charge in [0, 0.05) is 19.5 Å². The fourth-order valence-corrected chi connectivity index (χ4v) is 5.33. The van der Waals surface area contributed by atoms with Gasteiger partial charge in [-0.05, 0) is 47.4 Å². The minimum absolute atomic E-state index is 0.0433. The van der Waals surface area contributed by atoms with Crippen molar-refractivity contribution in [3.63, 3.8) is 0 Å². The Balaban J connectivity index is 2.07. The van der Waals surface area contributed by atoms with Crippen LogP contribution in [0.15, 0.2) is 72.8 Å². The van der Waals surface area contributed by atoms with Gasteiger partial charge < -0.3 is 15.0 Å². The SMILES string of the molecule is COc1cccc(CN(C(=O)CN(c2ccc(Cl)c(Cl)c2)S(C)(=O)=O)[C@H](Cc2ccccc2)C(=O)NCC(C)C)c1. The Kier molecular flexibility index (Phi) is 11.5. The van der Waals surface area contributed by atoms with Crippen molar-refractivity contribution in [2.45, 2.75) is 32.9 Å². The highest BCUT2D eigenvalue weighted by Crippen LogP contribution is 2.29. The van der Waals surface area contributed by atoms with E-state index < -0.39 is 28.5 Å². The number of rotatable bonds is 13. The van der Waals surface area contributed by atoms with Crippen molar-refractivity contribution in [3.8, 4) is 5.75 Å². The van der Waals surface area contributed by atoms with Gasteiger partial charge in [-0.1, -0.05) is 79.5 Å². The molecule has 0 heterocycles. The Bertz CT molecular complexity index is 1450. The van der Waals surface area contributed by atoms with E-state index in [9.17, 15) is 18.0 Å². The van der Waals surface area contributed by atoms with Crippen molar-refractivity contribution in [1.82, 2.24) is 10.2 Å². The van der Waals surface area contributed by atoms with Gasteiger partial charge >= 0.3 is 0 Å². The second kappa shape index (κ2) is 14.6. The highest BCUT2D eigenvalue weighted by molar-refractivity contribution is 7.92. The molecule has 0 bridgehead atoms. The zero-order chi connectivity index (χ0) is 30.2. The number of methoxy groups -OCH3 is 1. The summed E-state index contributed by atoms with van der Waals surface area (Å²) in [6, 6.07) is 19.9. The summed E-state index contributed by atoms with van der Waals surface area (Å²) in [5.41, 5.74) is 1.75. The first kappa shape index (κ1) is 32.2. The van der Waals surface area contributed by atoms with E-state index in [1.165, 1.54) is 23.1 Å². The molecule has 11 heteroatoms. The predicted octanol–water partition coefficient (Wildman–Crippen LogP) is 5.18. The van der Waals surface area contributed by atoms with E-state index in [1.807, 2.05) is 50.2 Å². The van der Waals surface area contributed by atoms with E-state index in [-0.39, 0.29) is 40.5 Å². The molecule has 0 aliphatic heterocycles. The summed E-state index contributed by atoms with van der Waals surface area (Å²) in [6.07, 6.45) is 1.23. The molecule has 8 nitrogen and oxygen atoms in total. The van der Waals surface area contributed by atoms with Crippen LogP contribution in [0.5, 0.6) is 5.75 Å². The number of carbonyl (C=O) groups is 2. The first-order chi connectivity index (χ1) is 19.4. The van der Waals surface area contributed by atoms with Crippen LogP contribution in [0.25, 0.3) is 0 Å². The minimum Gasteiger partial charge on any atom is -0.497 e. The first-order valence-electron chi connectivity index (χ1n) is 13.1. The van der Waals surface area contributed by atoms with Gasteiger partial charge in [0.25, 0.3) is 0 Å². The summed E-state index contributed by atoms with van der Waals surface area (Å²) >= 11 is 12.2. The maximum absolute atomic E-state index is 14.1. The molecule has 0 aliphatic rings. The third-order valence-corrected chi connectivity index (χ3v) is 8.19. The highest BCUT2D eigenvalue weighted by Gasteiger charge is 2.33. The maximum atomic E-state index is 14.1. The lowest BCUT2D eigenvalue weighted by Gasteiger charge is -2.33. The average molecular weight is 621 g/mol. The molecule has 0 fully saturated rings. The lowest BCUT2D eigenvalue weighted by atomic mass is 10.0. The van der Waals surface area contributed by atoms with Crippen LogP contribution < -0.4 is 14.4 Å². The van der Waals surface area contributed by atoms with E-state index in [1.54, 1.807) is 25.3 Å². The van der Waals surface area contributed by atoms with E-state index >= 15 is 0 Å². The standard InChI is InChI=1S/C30H35Cl2N3O5S/c1-21(2)18-33-30(37)28(16-22-9-6-5-7-10-22)34(19-23-11-8-12-25(15-23)40-3)29(36)20-35(41(4,38)39)24-13-14-26(31)27(32)17-24/h5-15,17,21,28H,16,18-20H2,1-4H3,(H,33,37)/t28-/m1/s1. The van der Waals surface area contributed by atoms with Crippen LogP contribution in [0.1, 0.15) is 25.0 Å². The van der Waals surface area contributed by atoms with E-state index in [0.29, 0.717) is 17.9 Å². The van der Waals surface area contributed by atoms with Gasteiger partial charge in [0.1, 0.15) is 18.3 Å². The zero-order valence-electron chi connectivity index (χ0n) is 23.5. The summed E-state index contributed by atoms with van der Waals surface area (Å²) in [7, 11) is -2.38. The lowest BCUT2D eigenvalue weighted by Crippen LogP contribution is -2.53. The Morgan fingerprint density at radius 1 is 0.927 bits per heavy atom. The van der Waals surface area contributed by atoms with Crippen molar-refractivity contribution < 1.29 is 22.7 Å². The molecule has 220 valence electrons. The predicted molar refractivity (Wildman–Crippen MR) is 164 cm³/mol. The van der Waals surface area contributed by atoms with Gasteiger partial charge in [-0.25, -0.2) is 8.42 Å². The molecule has 0 radical (unpaired) electrons. The zero-order valence-corrected chi connectivity index (χ0v) is 25.8. The Morgan fingerprint density at radius 2 is 1.61 bits per heavy atom. The molecule has 2 amide bonds. The molecular formula is C30H35Cl2N3O5S. The molecule has 1 atom stereocenters. The summed E-state index contributed by atoms with van der Waals surface area (Å²) < 4.78 is 32.1. The largest absolute Gasteiger partial charge is 0.497 e. The maximum Gasteiger partial charge on any atom is 0.244 e. The monoisotopic (exact) mass is 619 g/mol. The third-order valence-electron chi connectivity index (χ3n) is 6.31. The molecule has 0 unspecified atom stereocenters. The molecule has 0 saturated carbocycles. The number of hydrogen-bond donors (Lipinski definition) is 1. The molecule has 1 N–H and O–H groups in total. The molecule has 0 saturated heterocycles. The van der Waals surface area contributed by atoms with Gasteiger partial charge in [-0.2, -0.15) is 0 Å². The van der Waals surface area contributed by atoms with Crippen molar-refractivity contribution in [2.24, 2.45) is 5.92 Å². The molecule has 41 heavy (non-hydrogen) atoms. The van der Waals surface area contributed by atoms with Crippen LogP contribution >= 0.6 is 23.2 Å². The van der Waals surface area contributed by atoms with Crippen LogP contribution in [0.3, 0.4) is 0 Å². The van der Waals surface area contributed by atoms with Crippen LogP contribution in [-0.2, 0) is 32.6 Å². The molecule has 3 rings (SSSR count). The van der Waals surface area contributed by atoms with Gasteiger partial charge in [0.15, 0.2) is 0 Å². The Hall–Kier alpha value is -3.27. The normalized spacial score (nSPS) is 12.1. The number of carbonyl (C=O) groups excluding carboxylic acids is 2. The summed E-state index contributed by atoms with van der Waals surface area (Å²) in [4.78, 5) is 29.2. The number of anilines is 1. The third kappa shape index (κ3) is 9.38. The van der Waals surface area contributed by atoms with Gasteiger partial charge in [-0.15, -0.1) is 0 Å². The van der Waals surface area contributed by atoms with Crippen molar-refractivity contribution in [2.75, 3.05) is 30.8 Å². The Morgan fingerprint density at radius 3 is 2.22 bits per heavy atom. The van der Waals surface area contributed by atoms with Crippen LogP contribution in [0.4, 0.5) is 5.69 Å². The lowest BCUT2D eigenvalue weighted by molar-refractivity contribution is -0.140. The van der Waals surface area contributed by atoms with Crippen molar-refractivity contribution in [1.29, 1.82) is 0 Å². The number of benzene rings is 3. The van der Waals surface area contributed by atoms with Gasteiger partial charge in [0.2, 0.25) is 21.8 Å². The fourth-order valence-electron chi connectivity index (χ4n) is 4.20. The first-order valence-corrected chi connectivity index (χ1v) is 15.7.